The Hall–Kier alpha value is -3.10. The topological polar surface area (TPSA) is 96.6 Å². The molecule has 0 aliphatic carbocycles. The molecule has 9 nitrogen and oxygen atoms in total. The zero-order valence-electron chi connectivity index (χ0n) is 18.8. The Kier molecular flexibility index (Phi) is 5.89. The van der Waals surface area contributed by atoms with E-state index in [0.29, 0.717) is 11.0 Å². The van der Waals surface area contributed by atoms with Gasteiger partial charge in [-0.3, -0.25) is 4.68 Å². The van der Waals surface area contributed by atoms with Gasteiger partial charge < -0.3 is 19.6 Å². The molecule has 1 N–H and O–H groups in total. The van der Waals surface area contributed by atoms with Gasteiger partial charge in [-0.15, -0.1) is 0 Å². The van der Waals surface area contributed by atoms with Crippen LogP contribution < -0.4 is 4.90 Å². The number of alkyl halides is 6. The summed E-state index contributed by atoms with van der Waals surface area (Å²) in [4.78, 5) is 21.2. The number of halogens is 6. The number of amides is 1. The summed E-state index contributed by atoms with van der Waals surface area (Å²) in [7, 11) is 0. The van der Waals surface area contributed by atoms with Gasteiger partial charge in [-0.25, -0.2) is 14.8 Å². The maximum Gasteiger partial charge on any atom is 0.433 e. The number of ether oxygens (including phenoxy) is 1. The molecule has 2 aliphatic heterocycles. The van der Waals surface area contributed by atoms with Gasteiger partial charge in [-0.2, -0.15) is 31.4 Å². The van der Waals surface area contributed by atoms with Gasteiger partial charge in [0, 0.05) is 31.4 Å². The van der Waals surface area contributed by atoms with Crippen molar-refractivity contribution in [3.8, 4) is 11.3 Å². The van der Waals surface area contributed by atoms with Gasteiger partial charge in [-0.05, 0) is 26.8 Å². The van der Waals surface area contributed by atoms with E-state index in [-0.39, 0.29) is 30.4 Å². The molecule has 0 unspecified atom stereocenters. The lowest BCUT2D eigenvalue weighted by Crippen LogP contribution is -2.67. The van der Waals surface area contributed by atoms with Crippen LogP contribution in [-0.2, 0) is 10.9 Å². The standard InChI is InChI=1S/C20H22F6N6O3/c1-18(2,3)35-17(34)30-7-11(8-30)32-6-10(5-27-32)12-4-14(19(21,22)23)29-16(28-12)31-9-13(33)15(31)20(24,25)26/h4-6,11,13,15,33H,7-9H2,1-3H3/t13-,15-/m1/s1. The first-order chi connectivity index (χ1) is 16.0. The summed E-state index contributed by atoms with van der Waals surface area (Å²) in [5.41, 5.74) is -2.24. The fraction of sp³-hybridized carbons (Fsp3) is 0.600. The number of carbonyl (C=O) groups is 1. The summed E-state index contributed by atoms with van der Waals surface area (Å²) in [6.07, 6.45) is -9.51. The van der Waals surface area contributed by atoms with Crippen LogP contribution in [0.2, 0.25) is 0 Å². The molecule has 1 amide bonds. The van der Waals surface area contributed by atoms with Crippen LogP contribution in [0.15, 0.2) is 18.5 Å². The number of aliphatic hydroxyl groups is 1. The second-order valence-corrected chi connectivity index (χ2v) is 9.39. The molecule has 0 radical (unpaired) electrons. The number of rotatable bonds is 3. The minimum Gasteiger partial charge on any atom is -0.444 e. The quantitative estimate of drug-likeness (QED) is 0.636. The third-order valence-corrected chi connectivity index (χ3v) is 5.47. The number of aliphatic hydroxyl groups excluding tert-OH is 1. The lowest BCUT2D eigenvalue weighted by Gasteiger charge is -2.45. The number of β-amino-alcohol motifs (C(OH)–C–C–N with tert-alkyl or cyclic N) is 1. The lowest BCUT2D eigenvalue weighted by atomic mass is 9.99. The van der Waals surface area contributed by atoms with E-state index < -0.39 is 54.4 Å². The third kappa shape index (κ3) is 5.13. The minimum absolute atomic E-state index is 0.125. The monoisotopic (exact) mass is 508 g/mol. The molecule has 2 aliphatic rings. The highest BCUT2D eigenvalue weighted by Crippen LogP contribution is 2.38. The molecule has 0 spiro atoms. The molecule has 2 fully saturated rings. The smallest absolute Gasteiger partial charge is 0.433 e. The van der Waals surface area contributed by atoms with Crippen LogP contribution in [0.25, 0.3) is 11.3 Å². The normalized spacial score (nSPS) is 21.5. The van der Waals surface area contributed by atoms with E-state index >= 15 is 0 Å². The molecule has 15 heteroatoms. The third-order valence-electron chi connectivity index (χ3n) is 5.47. The minimum atomic E-state index is -4.94. The van der Waals surface area contributed by atoms with Crippen molar-refractivity contribution in [1.29, 1.82) is 0 Å². The lowest BCUT2D eigenvalue weighted by molar-refractivity contribution is -0.186. The van der Waals surface area contributed by atoms with E-state index in [1.807, 2.05) is 0 Å². The fourth-order valence-corrected chi connectivity index (χ4v) is 3.71. The van der Waals surface area contributed by atoms with Crippen LogP contribution in [0.3, 0.4) is 0 Å². The van der Waals surface area contributed by atoms with E-state index in [0.717, 1.165) is 0 Å². The number of hydrogen-bond donors (Lipinski definition) is 1. The number of aromatic nitrogens is 4. The Bertz CT molecular complexity index is 1110. The van der Waals surface area contributed by atoms with Gasteiger partial charge >= 0.3 is 18.4 Å². The highest BCUT2D eigenvalue weighted by molar-refractivity contribution is 5.69. The van der Waals surface area contributed by atoms with Crippen LogP contribution in [0.1, 0.15) is 32.5 Å². The van der Waals surface area contributed by atoms with Crippen molar-refractivity contribution in [3.05, 3.63) is 24.2 Å². The van der Waals surface area contributed by atoms with Gasteiger partial charge in [0.15, 0.2) is 11.7 Å². The first-order valence-corrected chi connectivity index (χ1v) is 10.5. The first kappa shape index (κ1) is 25.0. The Morgan fingerprint density at radius 2 is 1.74 bits per heavy atom. The van der Waals surface area contributed by atoms with Crippen molar-refractivity contribution >= 4 is 12.0 Å². The van der Waals surface area contributed by atoms with Gasteiger partial charge in [0.25, 0.3) is 0 Å². The number of likely N-dealkylation sites (tertiary alicyclic amines) is 1. The predicted molar refractivity (Wildman–Crippen MR) is 108 cm³/mol. The summed E-state index contributed by atoms with van der Waals surface area (Å²) in [6, 6.07) is -2.05. The average molecular weight is 508 g/mol. The number of hydrogen-bond acceptors (Lipinski definition) is 7. The molecule has 2 aromatic rings. The van der Waals surface area contributed by atoms with Crippen molar-refractivity contribution in [2.75, 3.05) is 24.5 Å². The van der Waals surface area contributed by atoms with Crippen molar-refractivity contribution in [3.63, 3.8) is 0 Å². The number of anilines is 1. The van der Waals surface area contributed by atoms with Crippen LogP contribution in [0.4, 0.5) is 37.1 Å². The fourth-order valence-electron chi connectivity index (χ4n) is 3.71. The van der Waals surface area contributed by atoms with Crippen LogP contribution in [-0.4, -0.2) is 79.4 Å². The van der Waals surface area contributed by atoms with Crippen molar-refractivity contribution in [1.82, 2.24) is 24.6 Å². The highest BCUT2D eigenvalue weighted by Gasteiger charge is 2.56. The van der Waals surface area contributed by atoms with Gasteiger partial charge in [0.1, 0.15) is 11.7 Å². The molecule has 2 aromatic heterocycles. The number of carbonyl (C=O) groups excluding carboxylic acids is 1. The van der Waals surface area contributed by atoms with E-state index in [2.05, 4.69) is 15.1 Å². The molecule has 0 saturated carbocycles. The molecule has 2 saturated heterocycles. The van der Waals surface area contributed by atoms with Gasteiger partial charge in [0.05, 0.1) is 17.9 Å². The largest absolute Gasteiger partial charge is 0.444 e. The Morgan fingerprint density at radius 1 is 1.09 bits per heavy atom. The maximum absolute atomic E-state index is 13.4. The SMILES string of the molecule is CC(C)(C)OC(=O)N1CC(n2cc(-c3cc(C(F)(F)F)nc(N4C[C@@H](O)[C@@H]4C(F)(F)F)n3)cn2)C1. The average Bonchev–Trinajstić information content (AvgIpc) is 3.10. The van der Waals surface area contributed by atoms with E-state index in [1.165, 1.54) is 22.0 Å². The molecule has 0 bridgehead atoms. The zero-order chi connectivity index (χ0) is 25.9. The van der Waals surface area contributed by atoms with Crippen molar-refractivity contribution in [2.45, 2.75) is 56.9 Å². The molecular formula is C20H22F6N6O3. The molecule has 192 valence electrons. The van der Waals surface area contributed by atoms with E-state index in [1.54, 1.807) is 20.8 Å². The summed E-state index contributed by atoms with van der Waals surface area (Å²) in [5.74, 6) is -0.796. The summed E-state index contributed by atoms with van der Waals surface area (Å²) < 4.78 is 86.7. The molecule has 0 aromatic carbocycles. The second-order valence-electron chi connectivity index (χ2n) is 9.39. The summed E-state index contributed by atoms with van der Waals surface area (Å²) in [6.45, 7) is 5.14. The van der Waals surface area contributed by atoms with E-state index in [4.69, 9.17) is 4.74 Å². The van der Waals surface area contributed by atoms with Crippen molar-refractivity contribution in [2.24, 2.45) is 0 Å². The molecule has 4 rings (SSSR count). The van der Waals surface area contributed by atoms with Crippen molar-refractivity contribution < 1.29 is 41.0 Å². The van der Waals surface area contributed by atoms with Crippen LogP contribution in [0.5, 0.6) is 0 Å². The Labute approximate surface area is 195 Å². The van der Waals surface area contributed by atoms with Crippen LogP contribution in [0, 0.1) is 0 Å². The molecule has 4 heterocycles. The molecule has 35 heavy (non-hydrogen) atoms. The zero-order valence-corrected chi connectivity index (χ0v) is 18.8. The maximum atomic E-state index is 13.4. The van der Waals surface area contributed by atoms with Crippen LogP contribution >= 0.6 is 0 Å². The predicted octanol–water partition coefficient (Wildman–Crippen LogP) is 3.26. The highest BCUT2D eigenvalue weighted by atomic mass is 19.4. The van der Waals surface area contributed by atoms with Gasteiger partial charge in [0.2, 0.25) is 5.95 Å². The number of nitrogens with zero attached hydrogens (tertiary/aromatic N) is 6. The molecular weight excluding hydrogens is 486 g/mol. The van der Waals surface area contributed by atoms with E-state index in [9.17, 15) is 36.2 Å². The summed E-state index contributed by atoms with van der Waals surface area (Å²) >= 11 is 0. The Morgan fingerprint density at radius 3 is 2.29 bits per heavy atom. The molecule has 2 atom stereocenters. The van der Waals surface area contributed by atoms with Gasteiger partial charge in [-0.1, -0.05) is 0 Å². The second kappa shape index (κ2) is 8.24. The summed E-state index contributed by atoms with van der Waals surface area (Å²) in [5, 5.41) is 13.6. The first-order valence-electron chi connectivity index (χ1n) is 10.5. The Balaban J connectivity index is 1.56.